The normalized spacial score (nSPS) is 13.4. The van der Waals surface area contributed by atoms with E-state index in [1.165, 1.54) is 10.9 Å². The second-order valence-corrected chi connectivity index (χ2v) is 5.15. The van der Waals surface area contributed by atoms with Gasteiger partial charge in [0.15, 0.2) is 11.3 Å². The number of aromatic nitrogens is 3. The fourth-order valence-corrected chi connectivity index (χ4v) is 1.61. The second-order valence-electron chi connectivity index (χ2n) is 5.15. The first kappa shape index (κ1) is 15.6. The van der Waals surface area contributed by atoms with E-state index in [1.54, 1.807) is 0 Å². The van der Waals surface area contributed by atoms with Gasteiger partial charge in [0.2, 0.25) is 0 Å². The molecule has 0 fully saturated rings. The first-order valence-corrected chi connectivity index (χ1v) is 6.53. The SMILES string of the molecule is Cc1ccc(-n2cc(C(=O)NCC(C)(O)C(=O)O)nn2)cc1. The lowest BCUT2D eigenvalue weighted by atomic mass is 10.1. The molecule has 1 aromatic carbocycles. The molecule has 1 amide bonds. The topological polar surface area (TPSA) is 117 Å². The van der Waals surface area contributed by atoms with Crippen molar-refractivity contribution in [3.63, 3.8) is 0 Å². The molecular weight excluding hydrogens is 288 g/mol. The summed E-state index contributed by atoms with van der Waals surface area (Å²) in [6.07, 6.45) is 1.43. The van der Waals surface area contributed by atoms with Crippen molar-refractivity contribution >= 4 is 11.9 Å². The predicted molar refractivity (Wildman–Crippen MR) is 76.7 cm³/mol. The zero-order valence-electron chi connectivity index (χ0n) is 12.1. The lowest BCUT2D eigenvalue weighted by molar-refractivity contribution is -0.155. The Hall–Kier alpha value is -2.74. The molecule has 0 saturated heterocycles. The smallest absolute Gasteiger partial charge is 0.337 e. The Balaban J connectivity index is 2.06. The van der Waals surface area contributed by atoms with Gasteiger partial charge in [-0.2, -0.15) is 0 Å². The summed E-state index contributed by atoms with van der Waals surface area (Å²) in [7, 11) is 0. The number of amides is 1. The van der Waals surface area contributed by atoms with E-state index >= 15 is 0 Å². The lowest BCUT2D eigenvalue weighted by Crippen LogP contribution is -2.46. The van der Waals surface area contributed by atoms with Gasteiger partial charge in [0.1, 0.15) is 0 Å². The Bertz CT molecular complexity index is 691. The van der Waals surface area contributed by atoms with E-state index in [1.807, 2.05) is 31.2 Å². The van der Waals surface area contributed by atoms with Crippen LogP contribution in [0.3, 0.4) is 0 Å². The van der Waals surface area contributed by atoms with Gasteiger partial charge < -0.3 is 15.5 Å². The molecule has 0 aliphatic rings. The average Bonchev–Trinajstić information content (AvgIpc) is 2.95. The summed E-state index contributed by atoms with van der Waals surface area (Å²) >= 11 is 0. The molecule has 0 saturated carbocycles. The molecule has 1 aromatic heterocycles. The summed E-state index contributed by atoms with van der Waals surface area (Å²) in [5.74, 6) is -2.03. The molecule has 3 N–H and O–H groups in total. The summed E-state index contributed by atoms with van der Waals surface area (Å²) in [6, 6.07) is 7.48. The van der Waals surface area contributed by atoms with Gasteiger partial charge in [-0.15, -0.1) is 5.10 Å². The van der Waals surface area contributed by atoms with Gasteiger partial charge in [-0.05, 0) is 26.0 Å². The maximum atomic E-state index is 11.9. The molecule has 8 heteroatoms. The van der Waals surface area contributed by atoms with E-state index in [9.17, 15) is 14.7 Å². The predicted octanol–water partition coefficient (Wildman–Crippen LogP) is 0.141. The Morgan fingerprint density at radius 2 is 1.95 bits per heavy atom. The number of hydrogen-bond acceptors (Lipinski definition) is 5. The van der Waals surface area contributed by atoms with Crippen molar-refractivity contribution in [3.8, 4) is 5.69 Å². The number of nitrogens with zero attached hydrogens (tertiary/aromatic N) is 3. The molecular formula is C14H16N4O4. The number of nitrogens with one attached hydrogen (secondary N) is 1. The molecule has 1 unspecified atom stereocenters. The van der Waals surface area contributed by atoms with Crippen LogP contribution in [-0.4, -0.2) is 49.2 Å². The summed E-state index contributed by atoms with van der Waals surface area (Å²) in [6.45, 7) is 2.62. The minimum Gasteiger partial charge on any atom is -0.479 e. The number of carboxylic acid groups (broad SMARTS) is 1. The zero-order chi connectivity index (χ0) is 16.3. The van der Waals surface area contributed by atoms with Crippen LogP contribution in [-0.2, 0) is 4.79 Å². The van der Waals surface area contributed by atoms with E-state index in [0.717, 1.165) is 18.2 Å². The maximum absolute atomic E-state index is 11.9. The fraction of sp³-hybridized carbons (Fsp3) is 0.286. The van der Waals surface area contributed by atoms with Crippen LogP contribution < -0.4 is 5.32 Å². The van der Waals surface area contributed by atoms with Gasteiger partial charge in [0, 0.05) is 0 Å². The first-order valence-electron chi connectivity index (χ1n) is 6.53. The van der Waals surface area contributed by atoms with Crippen molar-refractivity contribution < 1.29 is 19.8 Å². The van der Waals surface area contributed by atoms with Crippen LogP contribution in [0.2, 0.25) is 0 Å². The Labute approximate surface area is 126 Å². The van der Waals surface area contributed by atoms with Crippen LogP contribution in [0.15, 0.2) is 30.5 Å². The number of aliphatic carboxylic acids is 1. The number of carbonyl (C=O) groups excluding carboxylic acids is 1. The first-order chi connectivity index (χ1) is 10.3. The van der Waals surface area contributed by atoms with Crippen LogP contribution in [0.4, 0.5) is 0 Å². The lowest BCUT2D eigenvalue weighted by Gasteiger charge is -2.17. The number of aliphatic hydroxyl groups is 1. The number of carbonyl (C=O) groups is 2. The highest BCUT2D eigenvalue weighted by Gasteiger charge is 2.30. The third kappa shape index (κ3) is 3.47. The molecule has 0 spiro atoms. The fourth-order valence-electron chi connectivity index (χ4n) is 1.61. The summed E-state index contributed by atoms with van der Waals surface area (Å²) in [5.41, 5.74) is -0.169. The highest BCUT2D eigenvalue weighted by atomic mass is 16.4. The number of hydrogen-bond donors (Lipinski definition) is 3. The minimum absolute atomic E-state index is 0.0294. The Morgan fingerprint density at radius 1 is 1.32 bits per heavy atom. The van der Waals surface area contributed by atoms with Crippen molar-refractivity contribution in [2.24, 2.45) is 0 Å². The second kappa shape index (κ2) is 5.94. The molecule has 1 heterocycles. The number of benzene rings is 1. The number of rotatable bonds is 5. The molecule has 2 rings (SSSR count). The van der Waals surface area contributed by atoms with Crippen LogP contribution in [0.5, 0.6) is 0 Å². The van der Waals surface area contributed by atoms with Crippen molar-refractivity contribution in [1.29, 1.82) is 0 Å². The highest BCUT2D eigenvalue weighted by Crippen LogP contribution is 2.08. The quantitative estimate of drug-likeness (QED) is 0.723. The molecule has 2 aromatic rings. The molecule has 1 atom stereocenters. The van der Waals surface area contributed by atoms with E-state index in [4.69, 9.17) is 5.11 Å². The maximum Gasteiger partial charge on any atom is 0.337 e. The van der Waals surface area contributed by atoms with Gasteiger partial charge in [-0.1, -0.05) is 22.9 Å². The van der Waals surface area contributed by atoms with Crippen LogP contribution in [0.1, 0.15) is 23.0 Å². The molecule has 22 heavy (non-hydrogen) atoms. The molecule has 8 nitrogen and oxygen atoms in total. The Morgan fingerprint density at radius 3 is 2.55 bits per heavy atom. The molecule has 0 aliphatic carbocycles. The van der Waals surface area contributed by atoms with E-state index in [0.29, 0.717) is 0 Å². The molecule has 0 bridgehead atoms. The van der Waals surface area contributed by atoms with Crippen molar-refractivity contribution in [2.45, 2.75) is 19.4 Å². The van der Waals surface area contributed by atoms with E-state index < -0.39 is 24.0 Å². The van der Waals surface area contributed by atoms with E-state index in [-0.39, 0.29) is 5.69 Å². The average molecular weight is 304 g/mol. The largest absolute Gasteiger partial charge is 0.479 e. The van der Waals surface area contributed by atoms with Gasteiger partial charge >= 0.3 is 5.97 Å². The monoisotopic (exact) mass is 304 g/mol. The standard InChI is InChI=1S/C14H16N4O4/c1-9-3-5-10(6-4-9)18-7-11(16-17-18)12(19)15-8-14(2,22)13(20)21/h3-7,22H,8H2,1-2H3,(H,15,19)(H,20,21). The van der Waals surface area contributed by atoms with Crippen LogP contribution >= 0.6 is 0 Å². The van der Waals surface area contributed by atoms with Gasteiger partial charge in [-0.3, -0.25) is 4.79 Å². The van der Waals surface area contributed by atoms with Crippen molar-refractivity contribution in [2.75, 3.05) is 6.54 Å². The minimum atomic E-state index is -2.04. The number of aryl methyl sites for hydroxylation is 1. The van der Waals surface area contributed by atoms with Crippen LogP contribution in [0.25, 0.3) is 5.69 Å². The zero-order valence-corrected chi connectivity index (χ0v) is 12.1. The molecule has 0 aliphatic heterocycles. The molecule has 116 valence electrons. The van der Waals surface area contributed by atoms with Gasteiger partial charge in [-0.25, -0.2) is 9.48 Å². The third-order valence-corrected chi connectivity index (χ3v) is 3.08. The van der Waals surface area contributed by atoms with Crippen LogP contribution in [0, 0.1) is 6.92 Å². The highest BCUT2D eigenvalue weighted by molar-refractivity contribution is 5.92. The third-order valence-electron chi connectivity index (χ3n) is 3.08. The summed E-state index contributed by atoms with van der Waals surface area (Å²) in [4.78, 5) is 22.6. The summed E-state index contributed by atoms with van der Waals surface area (Å²) in [5, 5.41) is 28.2. The summed E-state index contributed by atoms with van der Waals surface area (Å²) < 4.78 is 1.43. The number of carboxylic acids is 1. The Kier molecular flexibility index (Phi) is 4.22. The van der Waals surface area contributed by atoms with Gasteiger partial charge in [0.05, 0.1) is 18.4 Å². The van der Waals surface area contributed by atoms with Crippen molar-refractivity contribution in [3.05, 3.63) is 41.7 Å². The van der Waals surface area contributed by atoms with Gasteiger partial charge in [0.25, 0.3) is 5.91 Å². The van der Waals surface area contributed by atoms with Crippen molar-refractivity contribution in [1.82, 2.24) is 20.3 Å². The van der Waals surface area contributed by atoms with E-state index in [2.05, 4.69) is 15.6 Å². The molecule has 0 radical (unpaired) electrons.